The molecule has 0 heterocycles. The summed E-state index contributed by atoms with van der Waals surface area (Å²) in [6.07, 6.45) is 1.85. The fourth-order valence-corrected chi connectivity index (χ4v) is 2.55. The van der Waals surface area contributed by atoms with Crippen LogP contribution in [-0.2, 0) is 14.8 Å². The summed E-state index contributed by atoms with van der Waals surface area (Å²) in [5.41, 5.74) is 0.501. The minimum Gasteiger partial charge on any atom is -0.325 e. The first kappa shape index (κ1) is 14.0. The normalized spacial score (nSPS) is 11.2. The Morgan fingerprint density at radius 1 is 1.35 bits per heavy atom. The molecule has 0 atom stereocenters. The van der Waals surface area contributed by atoms with Crippen LogP contribution < -0.4 is 10.0 Å². The SMILES string of the molecule is CNS(=O)(=O)c1ccc(SC)c(NC(C)=O)c1. The highest BCUT2D eigenvalue weighted by molar-refractivity contribution is 7.98. The van der Waals surface area contributed by atoms with E-state index in [1.165, 1.54) is 37.9 Å². The Hall–Kier alpha value is -1.05. The van der Waals surface area contributed by atoms with Crippen LogP contribution >= 0.6 is 11.8 Å². The van der Waals surface area contributed by atoms with Crippen LogP contribution in [0, 0.1) is 0 Å². The van der Waals surface area contributed by atoms with E-state index in [1.807, 2.05) is 6.26 Å². The molecule has 0 aliphatic heterocycles. The van der Waals surface area contributed by atoms with E-state index in [9.17, 15) is 13.2 Å². The number of amides is 1. The van der Waals surface area contributed by atoms with E-state index >= 15 is 0 Å². The molecule has 0 bridgehead atoms. The number of carbonyl (C=O) groups is 1. The predicted molar refractivity (Wildman–Crippen MR) is 68.8 cm³/mol. The van der Waals surface area contributed by atoms with Crippen LogP contribution in [0.4, 0.5) is 5.69 Å². The van der Waals surface area contributed by atoms with Crippen molar-refractivity contribution in [2.24, 2.45) is 0 Å². The molecule has 94 valence electrons. The van der Waals surface area contributed by atoms with Gasteiger partial charge >= 0.3 is 0 Å². The summed E-state index contributed by atoms with van der Waals surface area (Å²) >= 11 is 1.43. The number of carbonyl (C=O) groups excluding carboxylic acids is 1. The van der Waals surface area contributed by atoms with E-state index in [-0.39, 0.29) is 10.8 Å². The molecule has 1 aromatic rings. The lowest BCUT2D eigenvalue weighted by molar-refractivity contribution is -0.114. The molecular weight excluding hydrogens is 260 g/mol. The van der Waals surface area contributed by atoms with Crippen LogP contribution in [-0.4, -0.2) is 27.6 Å². The number of anilines is 1. The van der Waals surface area contributed by atoms with Crippen LogP contribution in [0.15, 0.2) is 28.0 Å². The highest BCUT2D eigenvalue weighted by Gasteiger charge is 2.14. The van der Waals surface area contributed by atoms with Gasteiger partial charge in [0, 0.05) is 11.8 Å². The minimum absolute atomic E-state index is 0.126. The first-order chi connectivity index (χ1) is 7.90. The lowest BCUT2D eigenvalue weighted by Gasteiger charge is -2.10. The van der Waals surface area contributed by atoms with Gasteiger partial charge in [-0.2, -0.15) is 0 Å². The van der Waals surface area contributed by atoms with E-state index in [0.29, 0.717) is 5.69 Å². The molecule has 0 fully saturated rings. The monoisotopic (exact) mass is 274 g/mol. The molecule has 2 N–H and O–H groups in total. The summed E-state index contributed by atoms with van der Waals surface area (Å²) in [5, 5.41) is 2.61. The molecule has 0 unspecified atom stereocenters. The second-order valence-corrected chi connectivity index (χ2v) is 5.99. The maximum Gasteiger partial charge on any atom is 0.240 e. The fourth-order valence-electron chi connectivity index (χ4n) is 1.26. The van der Waals surface area contributed by atoms with Gasteiger partial charge in [-0.1, -0.05) is 0 Å². The van der Waals surface area contributed by atoms with Crippen LogP contribution in [0.1, 0.15) is 6.92 Å². The van der Waals surface area contributed by atoms with E-state index in [4.69, 9.17) is 0 Å². The summed E-state index contributed by atoms with van der Waals surface area (Å²) in [4.78, 5) is 12.0. The highest BCUT2D eigenvalue weighted by atomic mass is 32.2. The smallest absolute Gasteiger partial charge is 0.240 e. The number of nitrogens with one attached hydrogen (secondary N) is 2. The Bertz CT molecular complexity index is 526. The molecule has 1 amide bonds. The van der Waals surface area contributed by atoms with E-state index in [2.05, 4.69) is 10.0 Å². The molecule has 0 aliphatic rings. The van der Waals surface area contributed by atoms with Crippen molar-refractivity contribution in [3.05, 3.63) is 18.2 Å². The van der Waals surface area contributed by atoms with E-state index in [0.717, 1.165) is 4.90 Å². The van der Waals surface area contributed by atoms with Crippen molar-refractivity contribution in [1.29, 1.82) is 0 Å². The number of benzene rings is 1. The number of hydrogen-bond acceptors (Lipinski definition) is 4. The van der Waals surface area contributed by atoms with Gasteiger partial charge in [-0.15, -0.1) is 11.8 Å². The Morgan fingerprint density at radius 2 is 2.00 bits per heavy atom. The molecule has 1 aromatic carbocycles. The van der Waals surface area contributed by atoms with Gasteiger partial charge < -0.3 is 5.32 Å². The van der Waals surface area contributed by atoms with Crippen molar-refractivity contribution in [3.8, 4) is 0 Å². The molecule has 0 aliphatic carbocycles. The van der Waals surface area contributed by atoms with Gasteiger partial charge in [0.05, 0.1) is 10.6 Å². The van der Waals surface area contributed by atoms with Gasteiger partial charge in [0.1, 0.15) is 0 Å². The third-order valence-electron chi connectivity index (χ3n) is 2.06. The zero-order valence-electron chi connectivity index (χ0n) is 9.77. The van der Waals surface area contributed by atoms with Gasteiger partial charge in [0.2, 0.25) is 15.9 Å². The lowest BCUT2D eigenvalue weighted by atomic mass is 10.3. The summed E-state index contributed by atoms with van der Waals surface area (Å²) < 4.78 is 25.4. The van der Waals surface area contributed by atoms with Gasteiger partial charge in [-0.25, -0.2) is 13.1 Å². The third-order valence-corrected chi connectivity index (χ3v) is 4.27. The van der Waals surface area contributed by atoms with Crippen LogP contribution in [0.5, 0.6) is 0 Å². The van der Waals surface area contributed by atoms with Crippen LogP contribution in [0.3, 0.4) is 0 Å². The van der Waals surface area contributed by atoms with E-state index < -0.39 is 10.0 Å². The zero-order chi connectivity index (χ0) is 13.1. The zero-order valence-corrected chi connectivity index (χ0v) is 11.4. The van der Waals surface area contributed by atoms with Crippen molar-refractivity contribution in [1.82, 2.24) is 4.72 Å². The molecule has 5 nitrogen and oxygen atoms in total. The van der Waals surface area contributed by atoms with Gasteiger partial charge in [0.15, 0.2) is 0 Å². The molecule has 0 saturated heterocycles. The van der Waals surface area contributed by atoms with Crippen molar-refractivity contribution < 1.29 is 13.2 Å². The first-order valence-electron chi connectivity index (χ1n) is 4.80. The third kappa shape index (κ3) is 3.45. The second kappa shape index (κ2) is 5.52. The number of sulfonamides is 1. The lowest BCUT2D eigenvalue weighted by Crippen LogP contribution is -2.19. The second-order valence-electron chi connectivity index (χ2n) is 3.25. The first-order valence-corrected chi connectivity index (χ1v) is 7.50. The number of thioether (sulfide) groups is 1. The number of rotatable bonds is 4. The number of hydrogen-bond donors (Lipinski definition) is 2. The Balaban J connectivity index is 3.27. The minimum atomic E-state index is -3.49. The van der Waals surface area contributed by atoms with Gasteiger partial charge in [-0.3, -0.25) is 4.79 Å². The summed E-state index contributed by atoms with van der Waals surface area (Å²) in [7, 11) is -2.15. The molecule has 7 heteroatoms. The predicted octanol–water partition coefficient (Wildman–Crippen LogP) is 1.27. The standard InChI is InChI=1S/C10H14N2O3S2/c1-7(13)12-9-6-8(17(14,15)11-2)4-5-10(9)16-3/h4-6,11H,1-3H3,(H,12,13). The quantitative estimate of drug-likeness (QED) is 0.811. The maximum absolute atomic E-state index is 11.6. The topological polar surface area (TPSA) is 75.3 Å². The molecular formula is C10H14N2O3S2. The average Bonchev–Trinajstić information content (AvgIpc) is 2.28. The Labute approximate surface area is 105 Å². The van der Waals surface area contributed by atoms with Crippen LogP contribution in [0.2, 0.25) is 0 Å². The van der Waals surface area contributed by atoms with Crippen molar-refractivity contribution >= 4 is 33.4 Å². The largest absolute Gasteiger partial charge is 0.325 e. The molecule has 17 heavy (non-hydrogen) atoms. The van der Waals surface area contributed by atoms with Crippen LogP contribution in [0.25, 0.3) is 0 Å². The maximum atomic E-state index is 11.6. The fraction of sp³-hybridized carbons (Fsp3) is 0.300. The Kier molecular flexibility index (Phi) is 4.55. The average molecular weight is 274 g/mol. The molecule has 0 spiro atoms. The Morgan fingerprint density at radius 3 is 2.47 bits per heavy atom. The van der Waals surface area contributed by atoms with Gasteiger partial charge in [-0.05, 0) is 31.5 Å². The summed E-state index contributed by atoms with van der Waals surface area (Å²) in [6, 6.07) is 4.61. The molecule has 0 aromatic heterocycles. The van der Waals surface area contributed by atoms with Crippen molar-refractivity contribution in [2.45, 2.75) is 16.7 Å². The van der Waals surface area contributed by atoms with E-state index in [1.54, 1.807) is 6.07 Å². The van der Waals surface area contributed by atoms with Crippen molar-refractivity contribution in [2.75, 3.05) is 18.6 Å². The summed E-state index contributed by atoms with van der Waals surface area (Å²) in [6.45, 7) is 1.38. The van der Waals surface area contributed by atoms with Gasteiger partial charge in [0.25, 0.3) is 0 Å². The van der Waals surface area contributed by atoms with Crippen molar-refractivity contribution in [3.63, 3.8) is 0 Å². The summed E-state index contributed by atoms with van der Waals surface area (Å²) in [5.74, 6) is -0.237. The highest BCUT2D eigenvalue weighted by Crippen LogP contribution is 2.28. The molecule has 0 radical (unpaired) electrons. The molecule has 0 saturated carbocycles. The molecule has 1 rings (SSSR count).